The van der Waals surface area contributed by atoms with Gasteiger partial charge in [-0.25, -0.2) is 14.4 Å². The van der Waals surface area contributed by atoms with Gasteiger partial charge in [0.05, 0.1) is 25.4 Å². The van der Waals surface area contributed by atoms with E-state index in [2.05, 4.69) is 47.5 Å². The molecular formula is C60H95F6N15O21. The zero-order valence-electron chi connectivity index (χ0n) is 57.3. The first kappa shape index (κ1) is 92.4. The summed E-state index contributed by atoms with van der Waals surface area (Å²) in [4.78, 5) is 191. The fourth-order valence-corrected chi connectivity index (χ4v) is 8.88. The lowest BCUT2D eigenvalue weighted by Crippen LogP contribution is -2.64. The number of carboxylic acid groups (broad SMARTS) is 2. The standard InChI is InChI=1S/C56H93N15O17.2C2HF3O2/c1-10-29(8)38-51(83)69-39(30(9)73)50(82)62-24-37(75)67-41(44(77)46(58)78)53(85)66-35(25-72)55(87)88-45(31-16-12-11-13-17-31)42(71-49(81)33(22-26(2)3)63-36(74)19-14-20-57)54(86)70-40(43(76)28(6)7)52(84)65-34(23-27(4)5)48(80)64-32(47(79)68-38)18-15-21-61-56(59)60;2*3-2(4,5)1(6)7/h11-13,16-17,26-30,32-35,38-45,72-73,76-77H,10,14-15,18-25,57H2,1-9H3,(H2,58,78)(H,62,82)(H,63,74)(H,64,80)(H,65,84)(H,66,85)(H,67,75)(H,68,79)(H,69,83)(H,70,86)(H,71,81)(H4,59,60,61);2*(H,6,7)/t29-,30-,32+,33-,34-,35-,38-,39-,40-,41-,42-,43+,44-,45+;;/m0../s1. The van der Waals surface area contributed by atoms with E-state index in [-0.39, 0.29) is 81.4 Å². The molecule has 578 valence electrons. The molecule has 0 saturated carbocycles. The van der Waals surface area contributed by atoms with E-state index in [1.54, 1.807) is 41.5 Å². The first-order valence-electron chi connectivity index (χ1n) is 31.7. The number of carbonyl (C=O) groups excluding carboxylic acids is 12. The molecule has 1 aromatic rings. The number of hydrogen-bond acceptors (Lipinski definition) is 21. The van der Waals surface area contributed by atoms with Crippen molar-refractivity contribution in [1.29, 1.82) is 0 Å². The lowest BCUT2D eigenvalue weighted by atomic mass is 9.95. The van der Waals surface area contributed by atoms with Crippen LogP contribution in [-0.4, -0.2) is 231 Å². The average molecular weight is 1480 g/mol. The van der Waals surface area contributed by atoms with Crippen molar-refractivity contribution in [3.05, 3.63) is 35.9 Å². The molecule has 102 heavy (non-hydrogen) atoms. The van der Waals surface area contributed by atoms with Crippen LogP contribution >= 0.6 is 0 Å². The first-order valence-corrected chi connectivity index (χ1v) is 31.7. The van der Waals surface area contributed by atoms with Gasteiger partial charge >= 0.3 is 30.3 Å². The molecule has 1 heterocycles. The minimum atomic E-state index is -5.08. The molecule has 1 aromatic carbocycles. The number of cyclic esters (lactones) is 1. The van der Waals surface area contributed by atoms with E-state index in [0.29, 0.717) is 0 Å². The van der Waals surface area contributed by atoms with E-state index in [1.807, 2.05) is 10.6 Å². The topological polar surface area (TPSA) is 606 Å². The number of nitrogens with two attached hydrogens (primary N) is 4. The van der Waals surface area contributed by atoms with E-state index >= 15 is 4.79 Å². The number of halogens is 6. The van der Waals surface area contributed by atoms with Crippen LogP contribution in [0, 0.1) is 23.7 Å². The summed E-state index contributed by atoms with van der Waals surface area (Å²) in [6.45, 7) is 11.9. The first-order chi connectivity index (χ1) is 47.2. The maximum absolute atomic E-state index is 15.3. The Kier molecular flexibility index (Phi) is 40.5. The van der Waals surface area contributed by atoms with Gasteiger partial charge < -0.3 is 111 Å². The van der Waals surface area contributed by atoms with Crippen LogP contribution < -0.4 is 76.1 Å². The number of nitrogens with one attached hydrogen (secondary N) is 10. The Balaban J connectivity index is 0.00000655. The lowest BCUT2D eigenvalue weighted by Gasteiger charge is -2.33. The fourth-order valence-electron chi connectivity index (χ4n) is 8.88. The minimum Gasteiger partial charge on any atom is -0.475 e. The molecule has 1 aliphatic heterocycles. The Morgan fingerprint density at radius 1 is 0.647 bits per heavy atom. The number of aliphatic hydroxyl groups excluding tert-OH is 4. The van der Waals surface area contributed by atoms with Gasteiger partial charge in [-0.2, -0.15) is 26.3 Å². The molecule has 1 aliphatic rings. The summed E-state index contributed by atoms with van der Waals surface area (Å²) >= 11 is 0. The number of amides is 11. The van der Waals surface area contributed by atoms with Gasteiger partial charge in [0, 0.05) is 13.0 Å². The Labute approximate surface area is 581 Å². The number of benzene rings is 1. The molecule has 0 bridgehead atoms. The summed E-state index contributed by atoms with van der Waals surface area (Å²) in [5, 5.41) is 82.1. The quantitative estimate of drug-likeness (QED) is 0.0161. The van der Waals surface area contributed by atoms with Crippen molar-refractivity contribution < 1.29 is 129 Å². The van der Waals surface area contributed by atoms with Crippen LogP contribution in [0.25, 0.3) is 0 Å². The third kappa shape index (κ3) is 33.7. The Bertz CT molecular complexity index is 2990. The van der Waals surface area contributed by atoms with E-state index in [1.165, 1.54) is 44.2 Å². The van der Waals surface area contributed by atoms with E-state index in [0.717, 1.165) is 6.92 Å². The van der Waals surface area contributed by atoms with Gasteiger partial charge in [-0.3, -0.25) is 57.7 Å². The molecule has 24 N–H and O–H groups in total. The zero-order valence-corrected chi connectivity index (χ0v) is 57.3. The Morgan fingerprint density at radius 3 is 1.62 bits per heavy atom. The highest BCUT2D eigenvalue weighted by Gasteiger charge is 2.44. The molecule has 0 radical (unpaired) electrons. The van der Waals surface area contributed by atoms with Crippen molar-refractivity contribution in [2.45, 2.75) is 198 Å². The van der Waals surface area contributed by atoms with Crippen molar-refractivity contribution in [2.75, 3.05) is 26.2 Å². The van der Waals surface area contributed by atoms with Crippen LogP contribution in [0.3, 0.4) is 0 Å². The molecule has 42 heteroatoms. The number of aliphatic imine (C=N–C) groups is 1. The number of rotatable bonds is 23. The van der Waals surface area contributed by atoms with Crippen LogP contribution in [0.15, 0.2) is 35.3 Å². The second-order valence-corrected chi connectivity index (χ2v) is 24.4. The summed E-state index contributed by atoms with van der Waals surface area (Å²) in [5.41, 5.74) is 22.0. The number of aliphatic hydroxyl groups is 4. The number of alkyl halides is 6. The molecule has 0 unspecified atom stereocenters. The van der Waals surface area contributed by atoms with Crippen LogP contribution in [0.4, 0.5) is 26.3 Å². The molecule has 11 amide bonds. The molecule has 14 atom stereocenters. The molecule has 0 spiro atoms. The third-order valence-corrected chi connectivity index (χ3v) is 14.5. The van der Waals surface area contributed by atoms with E-state index in [9.17, 15) is 99.5 Å². The Hall–Kier alpha value is -9.55. The number of hydrogen-bond donors (Lipinski definition) is 20. The predicted molar refractivity (Wildman–Crippen MR) is 344 cm³/mol. The van der Waals surface area contributed by atoms with Crippen LogP contribution in [0.5, 0.6) is 0 Å². The van der Waals surface area contributed by atoms with Gasteiger partial charge in [0.15, 0.2) is 24.2 Å². The summed E-state index contributed by atoms with van der Waals surface area (Å²) in [7, 11) is 0. The number of primary amides is 1. The molecular weight excluding hydrogens is 1380 g/mol. The molecule has 36 nitrogen and oxygen atoms in total. The third-order valence-electron chi connectivity index (χ3n) is 14.5. The van der Waals surface area contributed by atoms with Crippen molar-refractivity contribution >= 4 is 88.8 Å². The predicted octanol–water partition coefficient (Wildman–Crippen LogP) is -4.80. The van der Waals surface area contributed by atoms with E-state index in [4.69, 9.17) is 47.5 Å². The van der Waals surface area contributed by atoms with Gasteiger partial charge in [0.1, 0.15) is 48.3 Å². The smallest absolute Gasteiger partial charge is 0.475 e. The van der Waals surface area contributed by atoms with Crippen LogP contribution in [-0.2, 0) is 71.9 Å². The van der Waals surface area contributed by atoms with Crippen LogP contribution in [0.2, 0.25) is 0 Å². The molecule has 0 aliphatic carbocycles. The minimum absolute atomic E-state index is 0.0322. The monoisotopic (exact) mass is 1480 g/mol. The summed E-state index contributed by atoms with van der Waals surface area (Å²) in [6, 6.07) is -9.49. The highest BCUT2D eigenvalue weighted by atomic mass is 19.4. The number of esters is 1. The number of ether oxygens (including phenoxy) is 1. The average Bonchev–Trinajstić information content (AvgIpc) is 0.821. The number of carbonyl (C=O) groups is 14. The largest absolute Gasteiger partial charge is 0.490 e. The second kappa shape index (κ2) is 44.6. The number of nitrogens with zero attached hydrogens (tertiary/aromatic N) is 1. The van der Waals surface area contributed by atoms with Gasteiger partial charge in [-0.05, 0) is 74.8 Å². The van der Waals surface area contributed by atoms with E-state index < -0.39 is 199 Å². The van der Waals surface area contributed by atoms with Gasteiger partial charge in [0.25, 0.3) is 0 Å². The van der Waals surface area contributed by atoms with Gasteiger partial charge in [-0.15, -0.1) is 0 Å². The van der Waals surface area contributed by atoms with Crippen molar-refractivity contribution in [2.24, 2.45) is 51.6 Å². The number of carboxylic acids is 2. The molecule has 1 saturated heterocycles. The van der Waals surface area contributed by atoms with Crippen molar-refractivity contribution in [3.8, 4) is 0 Å². The normalized spacial score (nSPS) is 22.7. The number of guanidine groups is 1. The SMILES string of the molecule is CC[C@H](C)[C@@H]1NC(=O)[C@@H](CCCN=C(N)N)NC(=O)[C@H](CC(C)C)NC(=O)[C@H]([C@H](O)C(C)C)NC(=O)[C@@H](NC(=O)[C@H](CC(C)C)NC(=O)CCCN)[C@@H](c2ccccc2)OC(=O)[C@H](CO)NC(=O)[C@H]([C@H](O)C(N)=O)NC(=O)CNC(=O)[C@H]([C@H](C)O)NC1=O.O=C(O)C(F)(F)F.O=C(O)C(F)(F)F. The lowest BCUT2D eigenvalue weighted by molar-refractivity contribution is -0.193. The Morgan fingerprint density at radius 2 is 1.15 bits per heavy atom. The van der Waals surface area contributed by atoms with Crippen molar-refractivity contribution in [1.82, 2.24) is 53.2 Å². The zero-order chi connectivity index (χ0) is 78.9. The van der Waals surface area contributed by atoms with Gasteiger partial charge in [-0.1, -0.05) is 92.1 Å². The maximum Gasteiger partial charge on any atom is 0.490 e. The van der Waals surface area contributed by atoms with Crippen LogP contribution in [0.1, 0.15) is 119 Å². The highest BCUT2D eigenvalue weighted by molar-refractivity contribution is 6.00. The maximum atomic E-state index is 15.3. The molecule has 2 rings (SSSR count). The summed E-state index contributed by atoms with van der Waals surface area (Å²) in [6.07, 6.45) is -18.2. The highest BCUT2D eigenvalue weighted by Crippen LogP contribution is 2.25. The molecule has 1 fully saturated rings. The fraction of sp³-hybridized carbons (Fsp3) is 0.650. The summed E-state index contributed by atoms with van der Waals surface area (Å²) < 4.78 is 69.4. The second-order valence-electron chi connectivity index (χ2n) is 24.4. The molecule has 0 aromatic heterocycles. The summed E-state index contributed by atoms with van der Waals surface area (Å²) in [5.74, 6) is -22.4. The van der Waals surface area contributed by atoms with Gasteiger partial charge in [0.2, 0.25) is 65.0 Å². The number of aliphatic carboxylic acids is 2. The van der Waals surface area contributed by atoms with Crippen molar-refractivity contribution in [3.63, 3.8) is 0 Å².